The van der Waals surface area contributed by atoms with E-state index in [1.165, 1.54) is 33.5 Å². The first kappa shape index (κ1) is 14.2. The monoisotopic (exact) mass is 280 g/mol. The van der Waals surface area contributed by atoms with Crippen LogP contribution in [0, 0.1) is 0 Å². The zero-order valence-electron chi connectivity index (χ0n) is 13.4. The molecule has 1 atom stereocenters. The first-order chi connectivity index (χ1) is 10.1. The molecule has 0 aliphatic heterocycles. The second-order valence-corrected chi connectivity index (χ2v) is 6.07. The van der Waals surface area contributed by atoms with Crippen molar-refractivity contribution in [2.45, 2.75) is 33.2 Å². The van der Waals surface area contributed by atoms with Gasteiger partial charge in [-0.15, -0.1) is 0 Å². The van der Waals surface area contributed by atoms with Gasteiger partial charge in [0, 0.05) is 12.2 Å². The highest BCUT2D eigenvalue weighted by molar-refractivity contribution is 5.99. The number of hydrogen-bond acceptors (Lipinski definition) is 2. The largest absolute Gasteiger partial charge is 0.385 e. The summed E-state index contributed by atoms with van der Waals surface area (Å²) in [6.07, 6.45) is 6.98. The van der Waals surface area contributed by atoms with E-state index in [2.05, 4.69) is 74.8 Å². The third-order valence-corrected chi connectivity index (χ3v) is 4.31. The minimum absolute atomic E-state index is 0.0692. The standard InChI is InChI=1S/C19H24N2/c1-5-20-15-8-7-14-10-18-17(16(14)11-15)9-13(3)12-19(18,4)21-6-2/h7-12,20-21H,5-6H2,1-4H3. The summed E-state index contributed by atoms with van der Waals surface area (Å²) < 4.78 is 0. The van der Waals surface area contributed by atoms with E-state index >= 15 is 0 Å². The lowest BCUT2D eigenvalue weighted by Crippen LogP contribution is -2.43. The Balaban J connectivity index is 2.08. The maximum Gasteiger partial charge on any atom is 0.0603 e. The van der Waals surface area contributed by atoms with Gasteiger partial charge >= 0.3 is 0 Å². The summed E-state index contributed by atoms with van der Waals surface area (Å²) in [5, 5.41) is 7.05. The number of anilines is 1. The van der Waals surface area contributed by atoms with Crippen molar-refractivity contribution in [3.05, 3.63) is 52.6 Å². The Hall–Kier alpha value is -1.80. The summed E-state index contributed by atoms with van der Waals surface area (Å²) in [5.74, 6) is 0. The molecular formula is C19H24N2. The smallest absolute Gasteiger partial charge is 0.0603 e. The summed E-state index contributed by atoms with van der Waals surface area (Å²) in [6, 6.07) is 6.67. The quantitative estimate of drug-likeness (QED) is 0.862. The van der Waals surface area contributed by atoms with Crippen molar-refractivity contribution in [1.82, 2.24) is 5.32 Å². The first-order valence-corrected chi connectivity index (χ1v) is 7.84. The second-order valence-electron chi connectivity index (χ2n) is 6.07. The molecular weight excluding hydrogens is 256 g/mol. The molecule has 0 saturated carbocycles. The molecule has 0 saturated heterocycles. The molecule has 1 unspecified atom stereocenters. The molecule has 21 heavy (non-hydrogen) atoms. The predicted octanol–water partition coefficient (Wildman–Crippen LogP) is 4.23. The van der Waals surface area contributed by atoms with Crippen LogP contribution in [0.25, 0.3) is 11.6 Å². The van der Waals surface area contributed by atoms with Gasteiger partial charge in [0.05, 0.1) is 5.54 Å². The second kappa shape index (κ2) is 5.19. The van der Waals surface area contributed by atoms with Crippen molar-refractivity contribution in [2.24, 2.45) is 0 Å². The summed E-state index contributed by atoms with van der Waals surface area (Å²) in [6.45, 7) is 10.7. The van der Waals surface area contributed by atoms with Crippen LogP contribution in [0.2, 0.25) is 0 Å². The van der Waals surface area contributed by atoms with Crippen molar-refractivity contribution in [1.29, 1.82) is 0 Å². The van der Waals surface area contributed by atoms with Crippen LogP contribution in [0.3, 0.4) is 0 Å². The number of nitrogens with one attached hydrogen (secondary N) is 2. The lowest BCUT2D eigenvalue weighted by molar-refractivity contribution is 0.526. The van der Waals surface area contributed by atoms with Crippen molar-refractivity contribution in [3.8, 4) is 0 Å². The molecule has 2 aliphatic rings. The van der Waals surface area contributed by atoms with E-state index in [0.29, 0.717) is 0 Å². The van der Waals surface area contributed by atoms with Crippen LogP contribution in [0.1, 0.15) is 38.8 Å². The van der Waals surface area contributed by atoms with Gasteiger partial charge in [0.1, 0.15) is 0 Å². The topological polar surface area (TPSA) is 24.1 Å². The molecule has 0 heterocycles. The molecule has 0 bridgehead atoms. The lowest BCUT2D eigenvalue weighted by Gasteiger charge is -2.33. The zero-order valence-corrected chi connectivity index (χ0v) is 13.4. The number of benzene rings is 1. The van der Waals surface area contributed by atoms with Crippen molar-refractivity contribution >= 4 is 17.3 Å². The number of hydrogen-bond donors (Lipinski definition) is 2. The maximum absolute atomic E-state index is 3.64. The van der Waals surface area contributed by atoms with E-state index in [-0.39, 0.29) is 5.54 Å². The Morgan fingerprint density at radius 3 is 2.62 bits per heavy atom. The molecule has 2 aliphatic carbocycles. The highest BCUT2D eigenvalue weighted by Gasteiger charge is 2.35. The number of fused-ring (bicyclic) bond motifs is 3. The molecule has 3 rings (SSSR count). The van der Waals surface area contributed by atoms with Crippen LogP contribution in [-0.2, 0) is 0 Å². The number of allylic oxidation sites excluding steroid dienone is 2. The van der Waals surface area contributed by atoms with Gasteiger partial charge in [-0.2, -0.15) is 0 Å². The Morgan fingerprint density at radius 1 is 1.10 bits per heavy atom. The molecule has 0 aromatic heterocycles. The molecule has 0 spiro atoms. The number of likely N-dealkylation sites (N-methyl/N-ethyl adjacent to an activating group) is 1. The fraction of sp³-hybridized carbons (Fsp3) is 0.368. The fourth-order valence-electron chi connectivity index (χ4n) is 3.51. The van der Waals surface area contributed by atoms with Gasteiger partial charge < -0.3 is 10.6 Å². The minimum Gasteiger partial charge on any atom is -0.385 e. The fourth-order valence-corrected chi connectivity index (χ4v) is 3.51. The van der Waals surface area contributed by atoms with Crippen LogP contribution >= 0.6 is 0 Å². The van der Waals surface area contributed by atoms with Crippen LogP contribution in [0.5, 0.6) is 0 Å². The Labute approximate surface area is 127 Å². The highest BCUT2D eigenvalue weighted by Crippen LogP contribution is 2.45. The average Bonchev–Trinajstić information content (AvgIpc) is 2.78. The van der Waals surface area contributed by atoms with E-state index in [4.69, 9.17) is 0 Å². The van der Waals surface area contributed by atoms with E-state index < -0.39 is 0 Å². The summed E-state index contributed by atoms with van der Waals surface area (Å²) >= 11 is 0. The molecule has 1 aromatic rings. The summed E-state index contributed by atoms with van der Waals surface area (Å²) in [5.41, 5.74) is 7.88. The number of rotatable bonds is 4. The molecule has 0 amide bonds. The summed E-state index contributed by atoms with van der Waals surface area (Å²) in [4.78, 5) is 0. The van der Waals surface area contributed by atoms with Crippen LogP contribution in [0.15, 0.2) is 41.5 Å². The van der Waals surface area contributed by atoms with Crippen LogP contribution in [0.4, 0.5) is 5.69 Å². The van der Waals surface area contributed by atoms with E-state index in [1.54, 1.807) is 0 Å². The van der Waals surface area contributed by atoms with Gasteiger partial charge in [0.25, 0.3) is 0 Å². The predicted molar refractivity (Wildman–Crippen MR) is 92.4 cm³/mol. The van der Waals surface area contributed by atoms with Gasteiger partial charge in [-0.25, -0.2) is 0 Å². The van der Waals surface area contributed by atoms with E-state index in [9.17, 15) is 0 Å². The molecule has 2 nitrogen and oxygen atoms in total. The minimum atomic E-state index is -0.0692. The average molecular weight is 280 g/mol. The van der Waals surface area contributed by atoms with E-state index in [0.717, 1.165) is 13.1 Å². The van der Waals surface area contributed by atoms with Crippen molar-refractivity contribution in [2.75, 3.05) is 18.4 Å². The van der Waals surface area contributed by atoms with Gasteiger partial charge in [-0.05, 0) is 67.8 Å². The van der Waals surface area contributed by atoms with Gasteiger partial charge in [0.15, 0.2) is 0 Å². The molecule has 0 fully saturated rings. The van der Waals surface area contributed by atoms with Crippen molar-refractivity contribution in [3.63, 3.8) is 0 Å². The maximum atomic E-state index is 3.64. The molecule has 2 heteroatoms. The third kappa shape index (κ3) is 2.34. The van der Waals surface area contributed by atoms with Crippen molar-refractivity contribution < 1.29 is 0 Å². The lowest BCUT2D eigenvalue weighted by atomic mass is 9.80. The first-order valence-electron chi connectivity index (χ1n) is 7.84. The Morgan fingerprint density at radius 2 is 1.90 bits per heavy atom. The molecule has 2 N–H and O–H groups in total. The van der Waals surface area contributed by atoms with Gasteiger partial charge in [-0.1, -0.05) is 30.7 Å². The van der Waals surface area contributed by atoms with Crippen LogP contribution < -0.4 is 10.6 Å². The van der Waals surface area contributed by atoms with Gasteiger partial charge in [0.2, 0.25) is 0 Å². The SMILES string of the molecule is CCNc1ccc2c(c1)C1=CC(C)=CC(C)(NCC)C1=C2. The summed E-state index contributed by atoms with van der Waals surface area (Å²) in [7, 11) is 0. The molecule has 110 valence electrons. The van der Waals surface area contributed by atoms with Crippen LogP contribution in [-0.4, -0.2) is 18.6 Å². The third-order valence-electron chi connectivity index (χ3n) is 4.31. The molecule has 1 aromatic carbocycles. The Kier molecular flexibility index (Phi) is 3.50. The molecule has 0 radical (unpaired) electrons. The van der Waals surface area contributed by atoms with Gasteiger partial charge in [-0.3, -0.25) is 0 Å². The Bertz CT molecular complexity index is 664. The zero-order chi connectivity index (χ0) is 15.0. The van der Waals surface area contributed by atoms with E-state index in [1.807, 2.05) is 0 Å². The normalized spacial score (nSPS) is 23.0. The highest BCUT2D eigenvalue weighted by atomic mass is 15.0.